The second-order valence-electron chi connectivity index (χ2n) is 4.80. The van der Waals surface area contributed by atoms with Crippen LogP contribution in [-0.2, 0) is 4.79 Å². The molecule has 0 radical (unpaired) electrons. The third kappa shape index (κ3) is 4.10. The van der Waals surface area contributed by atoms with Crippen LogP contribution in [0, 0.1) is 0 Å². The molecule has 16 heavy (non-hydrogen) atoms. The fourth-order valence-corrected chi connectivity index (χ4v) is 2.38. The van der Waals surface area contributed by atoms with Crippen LogP contribution < -0.4 is 5.73 Å². The standard InChI is InChI=1S/C12H25N3O/c1-14(2)12(16)7-9-15(10-8-13)11-5-3-4-6-11/h11H,3-10,13H2,1-2H3. The van der Waals surface area contributed by atoms with Crippen molar-refractivity contribution in [3.63, 3.8) is 0 Å². The van der Waals surface area contributed by atoms with E-state index in [0.717, 1.165) is 13.1 Å². The fourth-order valence-electron chi connectivity index (χ4n) is 2.38. The van der Waals surface area contributed by atoms with Crippen molar-refractivity contribution in [3.8, 4) is 0 Å². The first-order valence-electron chi connectivity index (χ1n) is 6.29. The maximum atomic E-state index is 11.5. The highest BCUT2D eigenvalue weighted by atomic mass is 16.2. The molecule has 0 unspecified atom stereocenters. The number of nitrogens with zero attached hydrogens (tertiary/aromatic N) is 2. The normalized spacial score (nSPS) is 17.0. The summed E-state index contributed by atoms with van der Waals surface area (Å²) in [5, 5.41) is 0. The van der Waals surface area contributed by atoms with Crippen LogP contribution in [-0.4, -0.2) is 55.5 Å². The number of nitrogens with two attached hydrogens (primary N) is 1. The lowest BCUT2D eigenvalue weighted by Gasteiger charge is -2.28. The van der Waals surface area contributed by atoms with Crippen molar-refractivity contribution in [1.29, 1.82) is 0 Å². The van der Waals surface area contributed by atoms with Crippen LogP contribution in [0.15, 0.2) is 0 Å². The van der Waals surface area contributed by atoms with E-state index in [4.69, 9.17) is 5.73 Å². The lowest BCUT2D eigenvalue weighted by Crippen LogP contribution is -2.39. The summed E-state index contributed by atoms with van der Waals surface area (Å²) >= 11 is 0. The molecule has 0 heterocycles. The fraction of sp³-hybridized carbons (Fsp3) is 0.917. The molecule has 94 valence electrons. The van der Waals surface area contributed by atoms with Gasteiger partial charge < -0.3 is 10.6 Å². The van der Waals surface area contributed by atoms with Gasteiger partial charge in [-0.1, -0.05) is 12.8 Å². The smallest absolute Gasteiger partial charge is 0.223 e. The molecule has 2 N–H and O–H groups in total. The summed E-state index contributed by atoms with van der Waals surface area (Å²) in [4.78, 5) is 15.6. The Morgan fingerprint density at radius 2 is 1.88 bits per heavy atom. The maximum absolute atomic E-state index is 11.5. The molecule has 1 saturated carbocycles. The lowest BCUT2D eigenvalue weighted by atomic mass is 10.2. The third-order valence-electron chi connectivity index (χ3n) is 3.37. The predicted molar refractivity (Wildman–Crippen MR) is 66.2 cm³/mol. The minimum atomic E-state index is 0.208. The Bertz CT molecular complexity index is 212. The van der Waals surface area contributed by atoms with Gasteiger partial charge in [-0.3, -0.25) is 9.69 Å². The number of carbonyl (C=O) groups is 1. The van der Waals surface area contributed by atoms with Crippen LogP contribution >= 0.6 is 0 Å². The first-order valence-corrected chi connectivity index (χ1v) is 6.29. The molecule has 4 heteroatoms. The molecule has 0 aromatic heterocycles. The van der Waals surface area contributed by atoms with Crippen LogP contribution in [0.4, 0.5) is 0 Å². The van der Waals surface area contributed by atoms with Gasteiger partial charge in [0.15, 0.2) is 0 Å². The van der Waals surface area contributed by atoms with E-state index in [-0.39, 0.29) is 5.91 Å². The number of amides is 1. The Labute approximate surface area is 98.8 Å². The molecular formula is C12H25N3O. The molecule has 1 fully saturated rings. The monoisotopic (exact) mass is 227 g/mol. The average molecular weight is 227 g/mol. The van der Waals surface area contributed by atoms with Gasteiger partial charge in [0.05, 0.1) is 0 Å². The molecule has 1 aliphatic carbocycles. The van der Waals surface area contributed by atoms with Gasteiger partial charge in [0.2, 0.25) is 5.91 Å². The van der Waals surface area contributed by atoms with Gasteiger partial charge in [-0.05, 0) is 12.8 Å². The van der Waals surface area contributed by atoms with Crippen molar-refractivity contribution >= 4 is 5.91 Å². The molecule has 0 atom stereocenters. The van der Waals surface area contributed by atoms with Gasteiger partial charge in [-0.2, -0.15) is 0 Å². The summed E-state index contributed by atoms with van der Waals surface area (Å²) in [6, 6.07) is 0.665. The Morgan fingerprint density at radius 1 is 1.25 bits per heavy atom. The molecule has 1 aliphatic rings. The third-order valence-corrected chi connectivity index (χ3v) is 3.37. The molecule has 0 aliphatic heterocycles. The number of carbonyl (C=O) groups excluding carboxylic acids is 1. The number of rotatable bonds is 6. The molecule has 0 aromatic carbocycles. The zero-order valence-corrected chi connectivity index (χ0v) is 10.6. The van der Waals surface area contributed by atoms with Crippen molar-refractivity contribution in [1.82, 2.24) is 9.80 Å². The van der Waals surface area contributed by atoms with E-state index in [1.807, 2.05) is 14.1 Å². The lowest BCUT2D eigenvalue weighted by molar-refractivity contribution is -0.129. The molecule has 0 bridgehead atoms. The minimum absolute atomic E-state index is 0.208. The minimum Gasteiger partial charge on any atom is -0.349 e. The predicted octanol–water partition coefficient (Wildman–Crippen LogP) is 0.668. The van der Waals surface area contributed by atoms with Crippen molar-refractivity contribution in [2.45, 2.75) is 38.1 Å². The van der Waals surface area contributed by atoms with E-state index in [0.29, 0.717) is 19.0 Å². The van der Waals surface area contributed by atoms with Crippen molar-refractivity contribution in [3.05, 3.63) is 0 Å². The van der Waals surface area contributed by atoms with Gasteiger partial charge in [0.25, 0.3) is 0 Å². The summed E-state index contributed by atoms with van der Waals surface area (Å²) < 4.78 is 0. The van der Waals surface area contributed by atoms with E-state index in [1.165, 1.54) is 25.7 Å². The summed E-state index contributed by atoms with van der Waals surface area (Å²) in [7, 11) is 3.62. The molecule has 0 aromatic rings. The van der Waals surface area contributed by atoms with Crippen molar-refractivity contribution < 1.29 is 4.79 Å². The maximum Gasteiger partial charge on any atom is 0.223 e. The second-order valence-corrected chi connectivity index (χ2v) is 4.80. The Hall–Kier alpha value is -0.610. The second kappa shape index (κ2) is 6.86. The van der Waals surface area contributed by atoms with Crippen LogP contribution in [0.1, 0.15) is 32.1 Å². The zero-order valence-electron chi connectivity index (χ0n) is 10.6. The molecule has 0 saturated heterocycles. The average Bonchev–Trinajstić information content (AvgIpc) is 2.76. The quantitative estimate of drug-likeness (QED) is 0.725. The van der Waals surface area contributed by atoms with Gasteiger partial charge in [0.1, 0.15) is 0 Å². The first-order chi connectivity index (χ1) is 7.65. The molecule has 0 spiro atoms. The summed E-state index contributed by atoms with van der Waals surface area (Å²) in [5.41, 5.74) is 5.63. The Kier molecular flexibility index (Phi) is 5.77. The van der Waals surface area contributed by atoms with E-state index in [9.17, 15) is 4.79 Å². The topological polar surface area (TPSA) is 49.6 Å². The molecular weight excluding hydrogens is 202 g/mol. The summed E-state index contributed by atoms with van der Waals surface area (Å²) in [5.74, 6) is 0.208. The zero-order chi connectivity index (χ0) is 12.0. The van der Waals surface area contributed by atoms with Crippen LogP contribution in [0.3, 0.4) is 0 Å². The van der Waals surface area contributed by atoms with E-state index in [2.05, 4.69) is 4.90 Å². The highest BCUT2D eigenvalue weighted by Crippen LogP contribution is 2.23. The van der Waals surface area contributed by atoms with Gasteiger partial charge >= 0.3 is 0 Å². The first kappa shape index (κ1) is 13.5. The number of hydrogen-bond donors (Lipinski definition) is 1. The van der Waals surface area contributed by atoms with Crippen molar-refractivity contribution in [2.75, 3.05) is 33.7 Å². The Balaban J connectivity index is 2.35. The van der Waals surface area contributed by atoms with Crippen LogP contribution in [0.5, 0.6) is 0 Å². The van der Waals surface area contributed by atoms with Gasteiger partial charge in [-0.25, -0.2) is 0 Å². The SMILES string of the molecule is CN(C)C(=O)CCN(CCN)C1CCCC1. The van der Waals surface area contributed by atoms with E-state index >= 15 is 0 Å². The Morgan fingerprint density at radius 3 is 2.38 bits per heavy atom. The van der Waals surface area contributed by atoms with Crippen LogP contribution in [0.2, 0.25) is 0 Å². The molecule has 1 amide bonds. The van der Waals surface area contributed by atoms with Crippen LogP contribution in [0.25, 0.3) is 0 Å². The summed E-state index contributed by atoms with van der Waals surface area (Å²) in [6.45, 7) is 2.47. The largest absolute Gasteiger partial charge is 0.349 e. The summed E-state index contributed by atoms with van der Waals surface area (Å²) in [6.07, 6.45) is 5.82. The molecule has 4 nitrogen and oxygen atoms in total. The van der Waals surface area contributed by atoms with Gasteiger partial charge in [0, 0.05) is 46.2 Å². The van der Waals surface area contributed by atoms with E-state index in [1.54, 1.807) is 4.90 Å². The van der Waals surface area contributed by atoms with Crippen molar-refractivity contribution in [2.24, 2.45) is 5.73 Å². The number of hydrogen-bond acceptors (Lipinski definition) is 3. The highest BCUT2D eigenvalue weighted by Gasteiger charge is 2.22. The molecule has 1 rings (SSSR count). The van der Waals surface area contributed by atoms with Gasteiger partial charge in [-0.15, -0.1) is 0 Å². The van der Waals surface area contributed by atoms with E-state index < -0.39 is 0 Å². The highest BCUT2D eigenvalue weighted by molar-refractivity contribution is 5.75.